The van der Waals surface area contributed by atoms with Crippen LogP contribution in [0.25, 0.3) is 0 Å². The van der Waals surface area contributed by atoms with Gasteiger partial charge in [-0.1, -0.05) is 11.6 Å². The number of anilines is 1. The normalized spacial score (nSPS) is 18.6. The average molecular weight is 252 g/mol. The van der Waals surface area contributed by atoms with E-state index in [1.54, 1.807) is 0 Å². The molecule has 0 fully saturated rings. The fourth-order valence-corrected chi connectivity index (χ4v) is 1.47. The number of aromatic nitrogens is 2. The van der Waals surface area contributed by atoms with Crippen molar-refractivity contribution >= 4 is 36.8 Å². The van der Waals surface area contributed by atoms with Gasteiger partial charge in [0.25, 0.3) is 0 Å². The molecule has 1 unspecified atom stereocenters. The number of aromatic carboxylic acids is 1. The van der Waals surface area contributed by atoms with Crippen molar-refractivity contribution in [3.63, 3.8) is 0 Å². The van der Waals surface area contributed by atoms with E-state index in [9.17, 15) is 4.79 Å². The van der Waals surface area contributed by atoms with E-state index in [0.717, 1.165) is 0 Å². The highest BCUT2D eigenvalue weighted by molar-refractivity contribution is 6.59. The Labute approximate surface area is 102 Å². The number of carbonyl (C=O) groups is 1. The Hall–Kier alpha value is -1.83. The van der Waals surface area contributed by atoms with Crippen molar-refractivity contribution in [1.29, 1.82) is 0 Å². The third-order valence-corrected chi connectivity index (χ3v) is 2.45. The molecule has 86 valence electrons. The summed E-state index contributed by atoms with van der Waals surface area (Å²) >= 11 is 5.67. The van der Waals surface area contributed by atoms with Crippen LogP contribution in [-0.4, -0.2) is 34.5 Å². The van der Waals surface area contributed by atoms with E-state index < -0.39 is 12.1 Å². The highest BCUT2D eigenvalue weighted by Gasteiger charge is 2.26. The SMILES string of the molecule is [B]C1=NOC(c2nc(N)c(Cl)c(C(=O)O)n2)C1. The lowest BCUT2D eigenvalue weighted by molar-refractivity contribution is 0.0679. The molecule has 0 saturated carbocycles. The Morgan fingerprint density at radius 2 is 2.29 bits per heavy atom. The third-order valence-electron chi connectivity index (χ3n) is 2.08. The van der Waals surface area contributed by atoms with Gasteiger partial charge in [-0.15, -0.1) is 5.16 Å². The molecule has 0 bridgehead atoms. The number of carboxylic acid groups (broad SMARTS) is 1. The van der Waals surface area contributed by atoms with Crippen molar-refractivity contribution in [2.24, 2.45) is 5.16 Å². The van der Waals surface area contributed by atoms with Crippen LogP contribution < -0.4 is 5.73 Å². The lowest BCUT2D eigenvalue weighted by Gasteiger charge is -2.09. The number of nitrogens with two attached hydrogens (primary N) is 1. The first-order valence-electron chi connectivity index (χ1n) is 4.53. The molecule has 0 aromatic carbocycles. The van der Waals surface area contributed by atoms with Crippen LogP contribution in [0.1, 0.15) is 28.8 Å². The van der Waals surface area contributed by atoms with Gasteiger partial charge in [-0.2, -0.15) is 0 Å². The molecular weight excluding hydrogens is 246 g/mol. The predicted octanol–water partition coefficient (Wildman–Crippen LogP) is 0.354. The van der Waals surface area contributed by atoms with Gasteiger partial charge in [0, 0.05) is 12.0 Å². The van der Waals surface area contributed by atoms with Crippen LogP contribution in [0.15, 0.2) is 5.16 Å². The Bertz CT molecular complexity index is 522. The minimum atomic E-state index is -1.29. The van der Waals surface area contributed by atoms with Crippen molar-refractivity contribution in [1.82, 2.24) is 9.97 Å². The van der Waals surface area contributed by atoms with Crippen LogP contribution in [0.3, 0.4) is 0 Å². The maximum atomic E-state index is 10.9. The number of hydrogen-bond donors (Lipinski definition) is 2. The molecule has 2 heterocycles. The molecule has 3 N–H and O–H groups in total. The average Bonchev–Trinajstić information content (AvgIpc) is 2.68. The van der Waals surface area contributed by atoms with Crippen molar-refractivity contribution in [3.05, 3.63) is 16.5 Å². The summed E-state index contributed by atoms with van der Waals surface area (Å²) in [5.41, 5.74) is 5.40. The number of rotatable bonds is 2. The number of nitrogens with zero attached hydrogens (tertiary/aromatic N) is 3. The van der Waals surface area contributed by atoms with Gasteiger partial charge >= 0.3 is 5.97 Å². The maximum Gasteiger partial charge on any atom is 0.356 e. The van der Waals surface area contributed by atoms with Gasteiger partial charge in [0.15, 0.2) is 17.6 Å². The fraction of sp³-hybridized carbons (Fsp3) is 0.250. The molecule has 0 saturated heterocycles. The summed E-state index contributed by atoms with van der Waals surface area (Å²) < 4.78 is 0. The van der Waals surface area contributed by atoms with E-state index >= 15 is 0 Å². The zero-order valence-electron chi connectivity index (χ0n) is 8.42. The summed E-state index contributed by atoms with van der Waals surface area (Å²) in [7, 11) is 5.42. The van der Waals surface area contributed by atoms with E-state index in [2.05, 4.69) is 15.1 Å². The number of carboxylic acids is 1. The second-order valence-electron chi connectivity index (χ2n) is 3.32. The van der Waals surface area contributed by atoms with E-state index in [1.807, 2.05) is 0 Å². The van der Waals surface area contributed by atoms with E-state index in [-0.39, 0.29) is 34.4 Å². The van der Waals surface area contributed by atoms with E-state index in [4.69, 9.17) is 35.1 Å². The number of nitrogen functional groups attached to an aromatic ring is 1. The maximum absolute atomic E-state index is 10.9. The zero-order valence-corrected chi connectivity index (χ0v) is 9.18. The smallest absolute Gasteiger partial charge is 0.356 e. The second kappa shape index (κ2) is 4.21. The predicted molar refractivity (Wildman–Crippen MR) is 60.0 cm³/mol. The molecule has 0 amide bonds. The molecule has 2 radical (unpaired) electrons. The number of oxime groups is 1. The Morgan fingerprint density at radius 1 is 1.59 bits per heavy atom. The van der Waals surface area contributed by atoms with Crippen molar-refractivity contribution in [2.45, 2.75) is 12.5 Å². The molecule has 1 aliphatic heterocycles. The van der Waals surface area contributed by atoms with Crippen LogP contribution in [0.5, 0.6) is 0 Å². The molecule has 0 spiro atoms. The first kappa shape index (κ1) is 11.7. The van der Waals surface area contributed by atoms with Gasteiger partial charge in [-0.25, -0.2) is 14.8 Å². The molecular formula is C8H6BClN4O3. The summed E-state index contributed by atoms with van der Waals surface area (Å²) in [6.45, 7) is 0. The summed E-state index contributed by atoms with van der Waals surface area (Å²) in [6.07, 6.45) is -0.354. The molecule has 7 nitrogen and oxygen atoms in total. The summed E-state index contributed by atoms with van der Waals surface area (Å²) in [4.78, 5) is 23.4. The highest BCUT2D eigenvalue weighted by atomic mass is 35.5. The van der Waals surface area contributed by atoms with Crippen LogP contribution in [-0.2, 0) is 4.84 Å². The quantitative estimate of drug-likeness (QED) is 0.735. The minimum absolute atomic E-state index is 0.0912. The summed E-state index contributed by atoms with van der Waals surface area (Å²) in [5.74, 6) is -1.33. The number of halogens is 1. The van der Waals surface area contributed by atoms with Crippen molar-refractivity contribution in [3.8, 4) is 0 Å². The molecule has 1 atom stereocenters. The largest absolute Gasteiger partial charge is 0.476 e. The van der Waals surface area contributed by atoms with Gasteiger partial charge in [0.2, 0.25) is 0 Å². The lowest BCUT2D eigenvalue weighted by Crippen LogP contribution is -2.13. The number of hydrogen-bond acceptors (Lipinski definition) is 6. The fourth-order valence-electron chi connectivity index (χ4n) is 1.30. The molecule has 1 aromatic heterocycles. The third kappa shape index (κ3) is 2.16. The lowest BCUT2D eigenvalue weighted by atomic mass is 9.96. The Balaban J connectivity index is 2.40. The summed E-state index contributed by atoms with van der Waals surface area (Å²) in [6, 6.07) is 0. The second-order valence-corrected chi connectivity index (χ2v) is 3.69. The Morgan fingerprint density at radius 3 is 2.82 bits per heavy atom. The van der Waals surface area contributed by atoms with Gasteiger partial charge in [-0.3, -0.25) is 0 Å². The van der Waals surface area contributed by atoms with Gasteiger partial charge in [0.05, 0.1) is 0 Å². The molecule has 1 aliphatic rings. The molecule has 9 heteroatoms. The topological polar surface area (TPSA) is 111 Å². The molecule has 17 heavy (non-hydrogen) atoms. The van der Waals surface area contributed by atoms with Gasteiger partial charge in [-0.05, 0) is 0 Å². The first-order chi connectivity index (χ1) is 7.99. The highest BCUT2D eigenvalue weighted by Crippen LogP contribution is 2.27. The molecule has 1 aromatic rings. The molecule has 2 rings (SSSR count). The molecule has 0 aliphatic carbocycles. The van der Waals surface area contributed by atoms with Crippen LogP contribution in [0.2, 0.25) is 5.02 Å². The first-order valence-corrected chi connectivity index (χ1v) is 4.91. The monoisotopic (exact) mass is 252 g/mol. The van der Waals surface area contributed by atoms with Crippen LogP contribution in [0.4, 0.5) is 5.82 Å². The zero-order chi connectivity index (χ0) is 12.6. The van der Waals surface area contributed by atoms with E-state index in [0.29, 0.717) is 0 Å². The standard InChI is InChI=1S/C8H6BClN4O3/c9-3-1-2(17-14-3)7-12-5(8(15)16)4(10)6(11)13-7/h2H,1H2,(H,15,16)(H2,11,12,13). The van der Waals surface area contributed by atoms with Crippen LogP contribution in [0, 0.1) is 0 Å². The van der Waals surface area contributed by atoms with Gasteiger partial charge < -0.3 is 15.7 Å². The minimum Gasteiger partial charge on any atom is -0.476 e. The summed E-state index contributed by atoms with van der Waals surface area (Å²) in [5, 5.41) is 12.2. The Kier molecular flexibility index (Phi) is 2.89. The van der Waals surface area contributed by atoms with Crippen molar-refractivity contribution < 1.29 is 14.7 Å². The van der Waals surface area contributed by atoms with Crippen LogP contribution >= 0.6 is 11.6 Å². The van der Waals surface area contributed by atoms with Gasteiger partial charge in [0.1, 0.15) is 18.7 Å². The van der Waals surface area contributed by atoms with Crippen molar-refractivity contribution in [2.75, 3.05) is 5.73 Å². The van der Waals surface area contributed by atoms with E-state index in [1.165, 1.54) is 0 Å².